The van der Waals surface area contributed by atoms with Gasteiger partial charge in [-0.2, -0.15) is 0 Å². The minimum atomic E-state index is -0.384. The fraction of sp³-hybridized carbons (Fsp3) is 0.278. The maximum Gasteiger partial charge on any atom is 0.243 e. The second-order valence-corrected chi connectivity index (χ2v) is 6.70. The molecule has 142 valence electrons. The van der Waals surface area contributed by atoms with Crippen molar-refractivity contribution in [3.63, 3.8) is 0 Å². The molecular weight excluding hydrogens is 392 g/mol. The lowest BCUT2D eigenvalue weighted by molar-refractivity contribution is 0.303. The first-order valence-corrected chi connectivity index (χ1v) is 9.17. The van der Waals surface area contributed by atoms with Gasteiger partial charge in [-0.1, -0.05) is 41.3 Å². The van der Waals surface area contributed by atoms with E-state index >= 15 is 0 Å². The van der Waals surface area contributed by atoms with Gasteiger partial charge in [-0.05, 0) is 47.2 Å². The highest BCUT2D eigenvalue weighted by Crippen LogP contribution is 2.26. The maximum atomic E-state index is 13.2. The molecule has 0 aliphatic carbocycles. The second-order valence-electron chi connectivity index (χ2n) is 5.86. The monoisotopic (exact) mass is 409 g/mol. The number of aromatic nitrogens is 4. The first-order valence-electron chi connectivity index (χ1n) is 8.42. The van der Waals surface area contributed by atoms with Crippen LogP contribution in [0.5, 0.6) is 5.75 Å². The van der Waals surface area contributed by atoms with E-state index in [2.05, 4.69) is 27.8 Å². The Morgan fingerprint density at radius 2 is 2.00 bits per heavy atom. The third-order valence-electron chi connectivity index (χ3n) is 3.83. The summed E-state index contributed by atoms with van der Waals surface area (Å²) in [5.74, 6) is 0.830. The molecule has 27 heavy (non-hydrogen) atoms. The van der Waals surface area contributed by atoms with Crippen LogP contribution >= 0.6 is 23.2 Å². The minimum Gasteiger partial charge on any atom is -0.488 e. The molecule has 1 aromatic heterocycles. The highest BCUT2D eigenvalue weighted by molar-refractivity contribution is 6.31. The highest BCUT2D eigenvalue weighted by Gasteiger charge is 2.10. The quantitative estimate of drug-likeness (QED) is 0.582. The summed E-state index contributed by atoms with van der Waals surface area (Å²) < 4.78 is 20.8. The van der Waals surface area contributed by atoms with Crippen molar-refractivity contribution in [2.45, 2.75) is 33.0 Å². The molecule has 2 aromatic carbocycles. The summed E-state index contributed by atoms with van der Waals surface area (Å²) >= 11 is 12.2. The van der Waals surface area contributed by atoms with Gasteiger partial charge in [0.05, 0.1) is 5.02 Å². The molecule has 3 aromatic rings. The number of benzene rings is 2. The van der Waals surface area contributed by atoms with Gasteiger partial charge < -0.3 is 10.1 Å². The van der Waals surface area contributed by atoms with Crippen molar-refractivity contribution >= 4 is 29.2 Å². The van der Waals surface area contributed by atoms with E-state index in [-0.39, 0.29) is 12.4 Å². The average molecular weight is 410 g/mol. The molecule has 0 saturated heterocycles. The Labute approximate surface area is 166 Å². The molecule has 1 N–H and O–H groups in total. The molecule has 6 nitrogen and oxygen atoms in total. The van der Waals surface area contributed by atoms with E-state index < -0.39 is 0 Å². The Hall–Kier alpha value is -2.38. The number of nitrogens with one attached hydrogen (secondary N) is 1. The van der Waals surface area contributed by atoms with Crippen LogP contribution in [-0.4, -0.2) is 20.2 Å². The van der Waals surface area contributed by atoms with E-state index in [1.807, 2.05) is 6.07 Å². The molecule has 0 atom stereocenters. The molecule has 0 saturated carbocycles. The van der Waals surface area contributed by atoms with Gasteiger partial charge in [0.2, 0.25) is 5.95 Å². The summed E-state index contributed by atoms with van der Waals surface area (Å²) in [6.45, 7) is 3.41. The number of rotatable bonds is 8. The van der Waals surface area contributed by atoms with Gasteiger partial charge in [-0.3, -0.25) is 0 Å². The van der Waals surface area contributed by atoms with Gasteiger partial charge in [0.1, 0.15) is 18.2 Å². The molecule has 0 aliphatic heterocycles. The fourth-order valence-electron chi connectivity index (χ4n) is 2.49. The number of anilines is 1. The van der Waals surface area contributed by atoms with E-state index in [1.54, 1.807) is 22.9 Å². The Bertz CT molecular complexity index is 919. The minimum absolute atomic E-state index is 0.210. The van der Waals surface area contributed by atoms with Crippen LogP contribution in [0.2, 0.25) is 10.0 Å². The molecule has 0 spiro atoms. The van der Waals surface area contributed by atoms with Crippen molar-refractivity contribution in [2.24, 2.45) is 0 Å². The summed E-state index contributed by atoms with van der Waals surface area (Å²) in [4.78, 5) is 0. The standard InChI is InChI=1S/C18H18Cl2FN5O/c1-2-7-26-18(23-24-25-26)22-10-13-8-14(19)4-6-17(13)27-11-12-3-5-15(21)9-16(12)20/h3-6,8-9H,2,7,10-11H2,1H3,(H,22,23,25). The number of hydrogen-bond donors (Lipinski definition) is 1. The van der Waals surface area contributed by atoms with Crippen LogP contribution in [0.4, 0.5) is 10.3 Å². The Kier molecular flexibility index (Phi) is 6.47. The van der Waals surface area contributed by atoms with Crippen LogP contribution in [0.25, 0.3) is 0 Å². The third kappa shape index (κ3) is 5.08. The van der Waals surface area contributed by atoms with Crippen molar-refractivity contribution in [1.29, 1.82) is 0 Å². The van der Waals surface area contributed by atoms with Crippen LogP contribution in [0.15, 0.2) is 36.4 Å². The predicted molar refractivity (Wildman–Crippen MR) is 103 cm³/mol. The SMILES string of the molecule is CCCn1nnnc1NCc1cc(Cl)ccc1OCc1ccc(F)cc1Cl. The molecule has 0 fully saturated rings. The lowest BCUT2D eigenvalue weighted by Gasteiger charge is -2.14. The first kappa shape index (κ1) is 19.4. The fourth-order valence-corrected chi connectivity index (χ4v) is 2.91. The highest BCUT2D eigenvalue weighted by atomic mass is 35.5. The zero-order valence-electron chi connectivity index (χ0n) is 14.6. The topological polar surface area (TPSA) is 64.9 Å². The predicted octanol–water partition coefficient (Wildman–Crippen LogP) is 4.72. The van der Waals surface area contributed by atoms with E-state index in [4.69, 9.17) is 27.9 Å². The molecule has 9 heteroatoms. The van der Waals surface area contributed by atoms with Crippen LogP contribution in [0, 0.1) is 5.82 Å². The Morgan fingerprint density at radius 3 is 2.78 bits per heavy atom. The lowest BCUT2D eigenvalue weighted by Crippen LogP contribution is -2.10. The normalized spacial score (nSPS) is 10.8. The summed E-state index contributed by atoms with van der Waals surface area (Å²) in [5, 5.41) is 15.7. The molecule has 0 radical (unpaired) electrons. The van der Waals surface area contributed by atoms with Gasteiger partial charge >= 0.3 is 0 Å². The van der Waals surface area contributed by atoms with Crippen molar-refractivity contribution in [3.8, 4) is 5.75 Å². The average Bonchev–Trinajstić information content (AvgIpc) is 3.08. The number of aryl methyl sites for hydroxylation is 1. The van der Waals surface area contributed by atoms with Gasteiger partial charge in [0, 0.05) is 29.2 Å². The van der Waals surface area contributed by atoms with Gasteiger partial charge in [-0.15, -0.1) is 0 Å². The van der Waals surface area contributed by atoms with Crippen molar-refractivity contribution in [3.05, 3.63) is 63.4 Å². The number of halogens is 3. The molecule has 1 heterocycles. The summed E-state index contributed by atoms with van der Waals surface area (Å²) in [6, 6.07) is 9.55. The van der Waals surface area contributed by atoms with Crippen LogP contribution < -0.4 is 10.1 Å². The number of hydrogen-bond acceptors (Lipinski definition) is 5. The molecule has 3 rings (SSSR count). The second kappa shape index (κ2) is 9.01. The third-order valence-corrected chi connectivity index (χ3v) is 4.41. The van der Waals surface area contributed by atoms with Crippen LogP contribution in [0.3, 0.4) is 0 Å². The van der Waals surface area contributed by atoms with Crippen molar-refractivity contribution in [2.75, 3.05) is 5.32 Å². The van der Waals surface area contributed by atoms with Crippen molar-refractivity contribution in [1.82, 2.24) is 20.2 Å². The van der Waals surface area contributed by atoms with Crippen LogP contribution in [0.1, 0.15) is 24.5 Å². The van der Waals surface area contributed by atoms with Gasteiger partial charge in [-0.25, -0.2) is 9.07 Å². The van der Waals surface area contributed by atoms with E-state index in [1.165, 1.54) is 12.1 Å². The van der Waals surface area contributed by atoms with Gasteiger partial charge in [0.25, 0.3) is 0 Å². The molecule has 0 unspecified atom stereocenters. The van der Waals surface area contributed by atoms with E-state index in [0.717, 1.165) is 18.5 Å². The van der Waals surface area contributed by atoms with E-state index in [0.29, 0.717) is 33.9 Å². The summed E-state index contributed by atoms with van der Waals surface area (Å²) in [6.07, 6.45) is 0.920. The number of ether oxygens (including phenoxy) is 1. The first-order chi connectivity index (χ1) is 13.1. The zero-order valence-corrected chi connectivity index (χ0v) is 16.1. The smallest absolute Gasteiger partial charge is 0.243 e. The molecule has 0 aliphatic rings. The van der Waals surface area contributed by atoms with E-state index in [9.17, 15) is 4.39 Å². The van der Waals surface area contributed by atoms with Gasteiger partial charge in [0.15, 0.2) is 0 Å². The zero-order chi connectivity index (χ0) is 19.2. The molecule has 0 amide bonds. The lowest BCUT2D eigenvalue weighted by atomic mass is 10.2. The van der Waals surface area contributed by atoms with Crippen molar-refractivity contribution < 1.29 is 9.13 Å². The Morgan fingerprint density at radius 1 is 1.15 bits per heavy atom. The molecule has 0 bridgehead atoms. The summed E-state index contributed by atoms with van der Waals surface area (Å²) in [7, 11) is 0. The number of tetrazole rings is 1. The van der Waals surface area contributed by atoms with Crippen LogP contribution in [-0.2, 0) is 19.7 Å². The largest absolute Gasteiger partial charge is 0.488 e. The maximum absolute atomic E-state index is 13.2. The molecular formula is C18H18Cl2FN5O. The Balaban J connectivity index is 1.71. The summed E-state index contributed by atoms with van der Waals surface area (Å²) in [5.41, 5.74) is 1.53. The number of nitrogens with zero attached hydrogens (tertiary/aromatic N) is 4.